The molecule has 0 spiro atoms. The first-order valence-electron chi connectivity index (χ1n) is 14.3. The van der Waals surface area contributed by atoms with Crippen molar-refractivity contribution >= 4 is 0 Å². The number of hydrogen-bond donors (Lipinski definition) is 0. The Morgan fingerprint density at radius 2 is 1.23 bits per heavy atom. The van der Waals surface area contributed by atoms with Crippen molar-refractivity contribution in [3.63, 3.8) is 0 Å². The van der Waals surface area contributed by atoms with E-state index in [1.807, 2.05) is 18.2 Å². The van der Waals surface area contributed by atoms with Gasteiger partial charge in [-0.3, -0.25) is 0 Å². The minimum absolute atomic E-state index is 0.198. The largest absolute Gasteiger partial charge is 0.491 e. The summed E-state index contributed by atoms with van der Waals surface area (Å²) in [5, 5.41) is 0. The fourth-order valence-electron chi connectivity index (χ4n) is 4.93. The van der Waals surface area contributed by atoms with Crippen LogP contribution in [0.1, 0.15) is 115 Å². The molecular formula is C31H46FNO2. The number of benzene rings is 1. The van der Waals surface area contributed by atoms with E-state index in [-0.39, 0.29) is 5.82 Å². The average Bonchev–Trinajstić information content (AvgIpc) is 2.88. The van der Waals surface area contributed by atoms with Gasteiger partial charge in [-0.1, -0.05) is 97.0 Å². The van der Waals surface area contributed by atoms with Crippen LogP contribution in [0.15, 0.2) is 24.3 Å². The molecule has 0 aliphatic heterocycles. The normalized spacial score (nSPS) is 12.3. The van der Waals surface area contributed by atoms with Crippen molar-refractivity contribution in [3.05, 3.63) is 41.3 Å². The van der Waals surface area contributed by atoms with E-state index in [2.05, 4.69) is 13.8 Å². The predicted octanol–water partition coefficient (Wildman–Crippen LogP) is 9.25. The number of rotatable bonds is 18. The van der Waals surface area contributed by atoms with E-state index in [1.54, 1.807) is 6.07 Å². The van der Waals surface area contributed by atoms with E-state index in [0.29, 0.717) is 31.3 Å². The van der Waals surface area contributed by atoms with Gasteiger partial charge in [-0.2, -0.15) is 0 Å². The van der Waals surface area contributed by atoms with E-state index in [9.17, 15) is 0 Å². The van der Waals surface area contributed by atoms with Crippen LogP contribution in [-0.2, 0) is 12.8 Å². The minimum atomic E-state index is -0.198. The maximum Gasteiger partial charge on any atom is 0.213 e. The van der Waals surface area contributed by atoms with Crippen molar-refractivity contribution in [1.29, 1.82) is 0 Å². The van der Waals surface area contributed by atoms with E-state index >= 15 is 4.39 Å². The second-order valence-corrected chi connectivity index (χ2v) is 9.99. The first-order valence-corrected chi connectivity index (χ1v) is 14.3. The molecule has 1 heterocycles. The molecule has 0 saturated heterocycles. The number of aryl methyl sites for hydroxylation is 1. The van der Waals surface area contributed by atoms with Gasteiger partial charge in [-0.15, -0.1) is 0 Å². The van der Waals surface area contributed by atoms with Crippen LogP contribution in [0.25, 0.3) is 11.1 Å². The Labute approximate surface area is 212 Å². The van der Waals surface area contributed by atoms with Gasteiger partial charge in [-0.25, -0.2) is 9.37 Å². The summed E-state index contributed by atoms with van der Waals surface area (Å²) in [6.07, 6.45) is 18.8. The second-order valence-electron chi connectivity index (χ2n) is 9.99. The van der Waals surface area contributed by atoms with Gasteiger partial charge in [0.05, 0.1) is 18.9 Å². The first-order chi connectivity index (χ1) is 17.2. The molecule has 0 N–H and O–H groups in total. The summed E-state index contributed by atoms with van der Waals surface area (Å²) in [5.41, 5.74) is 3.73. The Kier molecular flexibility index (Phi) is 12.4. The molecule has 3 nitrogen and oxygen atoms in total. The molecule has 1 aliphatic carbocycles. The SMILES string of the molecule is CCCCCCCCCCOc1ccc2c(c1F)CCc1nc(OCCCCCCCC)ccc1-2. The highest BCUT2D eigenvalue weighted by atomic mass is 19.1. The van der Waals surface area contributed by atoms with Crippen LogP contribution in [-0.4, -0.2) is 18.2 Å². The standard InChI is InChI=1S/C31H46FNO2/c1-3-5-7-9-11-12-14-15-23-34-29-21-18-25-26-19-22-30(35-24-16-13-10-8-6-4-2)33-28(26)20-17-27(25)31(29)32/h18-19,21-22H,3-17,20,23-24H2,1-2H3. The number of aromatic nitrogens is 1. The predicted molar refractivity (Wildman–Crippen MR) is 144 cm³/mol. The molecule has 0 bridgehead atoms. The molecule has 0 atom stereocenters. The van der Waals surface area contributed by atoms with Crippen LogP contribution in [0.2, 0.25) is 0 Å². The van der Waals surface area contributed by atoms with E-state index in [0.717, 1.165) is 48.1 Å². The van der Waals surface area contributed by atoms with Crippen LogP contribution >= 0.6 is 0 Å². The van der Waals surface area contributed by atoms with Crippen molar-refractivity contribution in [3.8, 4) is 22.8 Å². The topological polar surface area (TPSA) is 31.4 Å². The third-order valence-corrected chi connectivity index (χ3v) is 7.06. The summed E-state index contributed by atoms with van der Waals surface area (Å²) in [4.78, 5) is 4.74. The lowest BCUT2D eigenvalue weighted by molar-refractivity contribution is 0.288. The van der Waals surface area contributed by atoms with Crippen LogP contribution in [0.5, 0.6) is 11.6 Å². The lowest BCUT2D eigenvalue weighted by atomic mass is 9.88. The van der Waals surface area contributed by atoms with Gasteiger partial charge in [0.25, 0.3) is 0 Å². The molecule has 0 saturated carbocycles. The second kappa shape index (κ2) is 15.8. The van der Waals surface area contributed by atoms with Gasteiger partial charge in [0.2, 0.25) is 5.88 Å². The van der Waals surface area contributed by atoms with Gasteiger partial charge in [0.1, 0.15) is 0 Å². The van der Waals surface area contributed by atoms with E-state index in [1.165, 1.54) is 70.6 Å². The molecule has 35 heavy (non-hydrogen) atoms. The summed E-state index contributed by atoms with van der Waals surface area (Å²) in [6, 6.07) is 7.75. The monoisotopic (exact) mass is 483 g/mol. The molecule has 1 aromatic heterocycles. The zero-order chi connectivity index (χ0) is 24.7. The molecule has 2 aromatic rings. The van der Waals surface area contributed by atoms with Crippen LogP contribution < -0.4 is 9.47 Å². The highest BCUT2D eigenvalue weighted by Crippen LogP contribution is 2.38. The number of halogens is 1. The molecule has 0 radical (unpaired) electrons. The lowest BCUT2D eigenvalue weighted by Crippen LogP contribution is -2.11. The third kappa shape index (κ3) is 8.81. The summed E-state index contributed by atoms with van der Waals surface area (Å²) < 4.78 is 27.0. The number of unbranched alkanes of at least 4 members (excludes halogenated alkanes) is 12. The summed E-state index contributed by atoms with van der Waals surface area (Å²) in [7, 11) is 0. The number of pyridine rings is 1. The molecule has 0 amide bonds. The Bertz CT molecular complexity index is 883. The lowest BCUT2D eigenvalue weighted by Gasteiger charge is -2.21. The van der Waals surface area contributed by atoms with Gasteiger partial charge in [0, 0.05) is 11.6 Å². The van der Waals surface area contributed by atoms with E-state index in [4.69, 9.17) is 14.5 Å². The van der Waals surface area contributed by atoms with Gasteiger partial charge < -0.3 is 9.47 Å². The Hall–Kier alpha value is -2.10. The number of ether oxygens (including phenoxy) is 2. The van der Waals surface area contributed by atoms with Crippen LogP contribution in [0, 0.1) is 5.82 Å². The summed E-state index contributed by atoms with van der Waals surface area (Å²) in [6.45, 7) is 5.78. The third-order valence-electron chi connectivity index (χ3n) is 7.06. The maximum atomic E-state index is 15.2. The summed E-state index contributed by atoms with van der Waals surface area (Å²) >= 11 is 0. The average molecular weight is 484 g/mol. The van der Waals surface area contributed by atoms with Crippen molar-refractivity contribution in [1.82, 2.24) is 4.98 Å². The molecule has 0 fully saturated rings. The highest BCUT2D eigenvalue weighted by Gasteiger charge is 2.23. The zero-order valence-corrected chi connectivity index (χ0v) is 22.2. The number of fused-ring (bicyclic) bond motifs is 3. The van der Waals surface area contributed by atoms with Crippen molar-refractivity contribution in [2.75, 3.05) is 13.2 Å². The first kappa shape index (κ1) is 27.5. The van der Waals surface area contributed by atoms with Gasteiger partial charge >= 0.3 is 0 Å². The molecule has 0 unspecified atom stereocenters. The van der Waals surface area contributed by atoms with Gasteiger partial charge in [0.15, 0.2) is 11.6 Å². The summed E-state index contributed by atoms with van der Waals surface area (Å²) in [5.74, 6) is 0.879. The van der Waals surface area contributed by atoms with Gasteiger partial charge in [-0.05, 0) is 48.9 Å². The Morgan fingerprint density at radius 3 is 1.89 bits per heavy atom. The Balaban J connectivity index is 1.46. The smallest absolute Gasteiger partial charge is 0.213 e. The molecule has 194 valence electrons. The molecule has 4 heteroatoms. The van der Waals surface area contributed by atoms with Crippen LogP contribution in [0.3, 0.4) is 0 Å². The van der Waals surface area contributed by atoms with E-state index < -0.39 is 0 Å². The number of nitrogens with zero attached hydrogens (tertiary/aromatic N) is 1. The molecule has 3 rings (SSSR count). The fourth-order valence-corrected chi connectivity index (χ4v) is 4.93. The molecular weight excluding hydrogens is 437 g/mol. The van der Waals surface area contributed by atoms with Crippen molar-refractivity contribution in [2.45, 2.75) is 117 Å². The fraction of sp³-hybridized carbons (Fsp3) is 0.645. The van der Waals surface area contributed by atoms with Crippen molar-refractivity contribution < 1.29 is 13.9 Å². The highest BCUT2D eigenvalue weighted by molar-refractivity contribution is 5.73. The van der Waals surface area contributed by atoms with Crippen LogP contribution in [0.4, 0.5) is 4.39 Å². The minimum Gasteiger partial charge on any atom is -0.491 e. The Morgan fingerprint density at radius 1 is 0.657 bits per heavy atom. The maximum absolute atomic E-state index is 15.2. The zero-order valence-electron chi connectivity index (χ0n) is 22.2. The molecule has 1 aromatic carbocycles. The number of hydrogen-bond acceptors (Lipinski definition) is 3. The molecule has 1 aliphatic rings. The van der Waals surface area contributed by atoms with Crippen molar-refractivity contribution in [2.24, 2.45) is 0 Å². The quantitative estimate of drug-likeness (QED) is 0.198.